The molecule has 0 heterocycles. The van der Waals surface area contributed by atoms with Gasteiger partial charge >= 0.3 is 0 Å². The van der Waals surface area contributed by atoms with Gasteiger partial charge in [-0.2, -0.15) is 0 Å². The van der Waals surface area contributed by atoms with Crippen LogP contribution in [0.25, 0.3) is 0 Å². The molecule has 84 heavy (non-hydrogen) atoms. The molecule has 0 spiro atoms. The zero-order valence-corrected chi connectivity index (χ0v) is 57.1. The van der Waals surface area contributed by atoms with Gasteiger partial charge in [0.05, 0.1) is 24.4 Å². The first-order valence-corrected chi connectivity index (χ1v) is 37.0. The zero-order valence-electron chi connectivity index (χ0n) is 57.1. The van der Waals surface area contributed by atoms with E-state index in [1.54, 1.807) is 0 Å². The third kappa shape index (κ3) is 60.9. The fourth-order valence-electron chi connectivity index (χ4n) is 11.9. The lowest BCUT2D eigenvalue weighted by molar-refractivity contribution is -0.122. The van der Waals surface area contributed by atoms with Gasteiger partial charge < -0.3 is 40.9 Å². The summed E-state index contributed by atoms with van der Waals surface area (Å²) < 4.78 is 0. The van der Waals surface area contributed by atoms with E-state index in [1.807, 2.05) is 0 Å². The summed E-state index contributed by atoms with van der Waals surface area (Å²) in [5.74, 6) is 0.0747. The third-order valence-corrected chi connectivity index (χ3v) is 17.7. The van der Waals surface area contributed by atoms with Crippen molar-refractivity contribution in [1.82, 2.24) is 30.2 Å². The summed E-state index contributed by atoms with van der Waals surface area (Å²) in [7, 11) is 4.11. The molecule has 0 saturated carbocycles. The number of aliphatic hydroxyl groups excluding tert-OH is 4. The summed E-state index contributed by atoms with van der Waals surface area (Å²) in [4.78, 5) is 34.6. The molecule has 4 unspecified atom stereocenters. The molecule has 0 bridgehead atoms. The van der Waals surface area contributed by atoms with Gasteiger partial charge in [-0.25, -0.2) is 0 Å². The molecule has 0 aromatic heterocycles. The van der Waals surface area contributed by atoms with Gasteiger partial charge in [0.2, 0.25) is 11.8 Å². The molecule has 0 aliphatic heterocycles. The van der Waals surface area contributed by atoms with Crippen LogP contribution in [0, 0.1) is 0 Å². The first-order chi connectivity index (χ1) is 40.9. The van der Waals surface area contributed by atoms with Gasteiger partial charge in [-0.3, -0.25) is 19.4 Å². The van der Waals surface area contributed by atoms with Crippen LogP contribution in [0.15, 0.2) is 0 Å². The average molecular weight is 1190 g/mol. The number of nitrogens with zero attached hydrogens (tertiary/aromatic N) is 4. The van der Waals surface area contributed by atoms with Crippen LogP contribution in [0.5, 0.6) is 0 Å². The monoisotopic (exact) mass is 1190 g/mol. The number of aliphatic hydroxyl groups is 4. The number of likely N-dealkylation sites (N-methyl/N-ethyl adjacent to an activating group) is 2. The second-order valence-corrected chi connectivity index (χ2v) is 26.5. The minimum absolute atomic E-state index is 0.0374. The summed E-state index contributed by atoms with van der Waals surface area (Å²) >= 11 is 0. The Hall–Kier alpha value is -1.38. The Balaban J connectivity index is 4.73. The lowest BCUT2D eigenvalue weighted by atomic mass is 10.0. The Bertz CT molecular complexity index is 1190. The maximum absolute atomic E-state index is 12.8. The Morgan fingerprint density at radius 2 is 0.488 bits per heavy atom. The van der Waals surface area contributed by atoms with Gasteiger partial charge in [-0.15, -0.1) is 0 Å². The van der Waals surface area contributed by atoms with E-state index in [9.17, 15) is 30.0 Å². The molecule has 2 amide bonds. The highest BCUT2D eigenvalue weighted by atomic mass is 16.3. The maximum Gasteiger partial charge on any atom is 0.221 e. The number of amides is 2. The number of hydrogen-bond acceptors (Lipinski definition) is 10. The molecule has 4 atom stereocenters. The van der Waals surface area contributed by atoms with Crippen molar-refractivity contribution in [2.24, 2.45) is 0 Å². The van der Waals surface area contributed by atoms with Crippen molar-refractivity contribution in [3.8, 4) is 0 Å². The fourth-order valence-corrected chi connectivity index (χ4v) is 11.9. The zero-order chi connectivity index (χ0) is 61.6. The maximum atomic E-state index is 12.8. The topological polar surface area (TPSA) is 152 Å². The van der Waals surface area contributed by atoms with Crippen molar-refractivity contribution in [1.29, 1.82) is 0 Å². The number of carbonyl (C=O) groups excluding carboxylic acids is 2. The minimum atomic E-state index is -0.395. The highest BCUT2D eigenvalue weighted by Crippen LogP contribution is 2.18. The molecule has 0 aliphatic rings. The largest absolute Gasteiger partial charge is 0.392 e. The van der Waals surface area contributed by atoms with E-state index >= 15 is 0 Å². The molecule has 0 rings (SSSR count). The summed E-state index contributed by atoms with van der Waals surface area (Å²) in [6.45, 7) is 16.9. The van der Waals surface area contributed by atoms with Crippen molar-refractivity contribution in [3.05, 3.63) is 0 Å². The lowest BCUT2D eigenvalue weighted by Gasteiger charge is -2.29. The molecule has 0 radical (unpaired) electrons. The van der Waals surface area contributed by atoms with Crippen LogP contribution in [-0.4, -0.2) is 169 Å². The summed E-state index contributed by atoms with van der Waals surface area (Å²) in [6, 6.07) is 0. The number of rotatable bonds is 69. The van der Waals surface area contributed by atoms with Crippen LogP contribution in [0.2, 0.25) is 0 Å². The summed E-state index contributed by atoms with van der Waals surface area (Å²) in [5.41, 5.74) is 0. The summed E-state index contributed by atoms with van der Waals surface area (Å²) in [6.07, 6.45) is 55.4. The number of carbonyl (C=O) groups is 2. The Kier molecular flexibility index (Phi) is 63.5. The molecule has 0 aliphatic carbocycles. The molecule has 12 nitrogen and oxygen atoms in total. The molecule has 6 N–H and O–H groups in total. The Labute approximate surface area is 522 Å². The third-order valence-electron chi connectivity index (χ3n) is 17.7. The molecule has 0 saturated heterocycles. The van der Waals surface area contributed by atoms with Gasteiger partial charge in [0.15, 0.2) is 0 Å². The summed E-state index contributed by atoms with van der Waals surface area (Å²) in [5, 5.41) is 50.6. The molecular weight excluding hydrogens is 1040 g/mol. The van der Waals surface area contributed by atoms with Crippen molar-refractivity contribution in [2.75, 3.05) is 92.6 Å². The second kappa shape index (κ2) is 64.6. The average Bonchev–Trinajstić information content (AvgIpc) is 3.48. The minimum Gasteiger partial charge on any atom is -0.392 e. The van der Waals surface area contributed by atoms with Gasteiger partial charge in [-0.1, -0.05) is 285 Å². The quantitative estimate of drug-likeness (QED) is 0.0325. The lowest BCUT2D eigenvalue weighted by Crippen LogP contribution is -2.42. The van der Waals surface area contributed by atoms with Crippen LogP contribution in [0.1, 0.15) is 336 Å². The van der Waals surface area contributed by atoms with E-state index in [-0.39, 0.29) is 11.8 Å². The van der Waals surface area contributed by atoms with Gasteiger partial charge in [0, 0.05) is 91.4 Å². The normalized spacial score (nSPS) is 13.5. The highest BCUT2D eigenvalue weighted by molar-refractivity contribution is 5.76. The standard InChI is InChI=1S/C72H148N6O6/c1-7-11-15-19-23-27-31-35-39-43-49-67(79)63-77(64-68(80)50-44-40-36-32-28-24-20-16-12-8-2)61-59-75(5)57-53-71(83)73-55-47-48-56-74-72(84)54-58-76(6)60-62-78(65-69(81)51-45-41-37-33-29-25-21-17-13-9-3)66-70(82)52-46-42-38-34-30-26-22-18-14-10-4/h67-70,79-82H,7-66H2,1-6H3,(H,73,83)(H,74,84). The predicted molar refractivity (Wildman–Crippen MR) is 362 cm³/mol. The van der Waals surface area contributed by atoms with Gasteiger partial charge in [-0.05, 0) is 52.6 Å². The smallest absolute Gasteiger partial charge is 0.221 e. The van der Waals surface area contributed by atoms with E-state index in [2.05, 4.69) is 72.0 Å². The van der Waals surface area contributed by atoms with E-state index in [0.717, 1.165) is 90.4 Å². The molecule has 12 heteroatoms. The number of hydrogen-bond donors (Lipinski definition) is 6. The van der Waals surface area contributed by atoms with Crippen LogP contribution < -0.4 is 10.6 Å². The second-order valence-electron chi connectivity index (χ2n) is 26.5. The van der Waals surface area contributed by atoms with Crippen LogP contribution >= 0.6 is 0 Å². The van der Waals surface area contributed by atoms with Gasteiger partial charge in [0.25, 0.3) is 0 Å². The number of nitrogens with one attached hydrogen (secondary N) is 2. The van der Waals surface area contributed by atoms with Crippen molar-refractivity contribution >= 4 is 11.8 Å². The molecule has 0 aromatic rings. The predicted octanol–water partition coefficient (Wildman–Crippen LogP) is 15.9. The van der Waals surface area contributed by atoms with Gasteiger partial charge in [0.1, 0.15) is 0 Å². The first-order valence-electron chi connectivity index (χ1n) is 37.0. The fraction of sp³-hybridized carbons (Fsp3) is 0.972. The molecule has 0 fully saturated rings. The molecule has 502 valence electrons. The Morgan fingerprint density at radius 3 is 0.702 bits per heavy atom. The van der Waals surface area contributed by atoms with E-state index < -0.39 is 24.4 Å². The first kappa shape index (κ1) is 82.6. The molecule has 0 aromatic carbocycles. The highest BCUT2D eigenvalue weighted by Gasteiger charge is 2.19. The van der Waals surface area contributed by atoms with Crippen LogP contribution in [0.4, 0.5) is 0 Å². The number of unbranched alkanes of at least 4 members (excludes halogenated alkanes) is 37. The van der Waals surface area contributed by atoms with E-state index in [4.69, 9.17) is 0 Å². The molecular formula is C72H148N6O6. The van der Waals surface area contributed by atoms with Crippen molar-refractivity contribution in [2.45, 2.75) is 360 Å². The van der Waals surface area contributed by atoms with E-state index in [1.165, 1.54) is 231 Å². The van der Waals surface area contributed by atoms with Crippen molar-refractivity contribution in [3.63, 3.8) is 0 Å². The van der Waals surface area contributed by atoms with E-state index in [0.29, 0.717) is 65.2 Å². The SMILES string of the molecule is CCCCCCCCCCCCC(O)CN(CCN(C)CCC(=O)NCCCCNC(=O)CCN(C)CCN(CC(O)CCCCCCCCCCCC)CC(O)CCCCCCCCCCCC)CC(O)CCCCCCCCCCCC. The van der Waals surface area contributed by atoms with Crippen molar-refractivity contribution < 1.29 is 30.0 Å². The van der Waals surface area contributed by atoms with Crippen LogP contribution in [-0.2, 0) is 9.59 Å². The Morgan fingerprint density at radius 1 is 0.286 bits per heavy atom. The van der Waals surface area contributed by atoms with Crippen LogP contribution in [0.3, 0.4) is 0 Å².